The summed E-state index contributed by atoms with van der Waals surface area (Å²) in [5.74, 6) is -2.40. The monoisotopic (exact) mass is 374 g/mol. The molecule has 1 aliphatic heterocycles. The van der Waals surface area contributed by atoms with Gasteiger partial charge >= 0.3 is 0 Å². The van der Waals surface area contributed by atoms with Gasteiger partial charge in [-0.25, -0.2) is 8.78 Å². The van der Waals surface area contributed by atoms with E-state index in [-0.39, 0.29) is 41.4 Å². The van der Waals surface area contributed by atoms with Crippen LogP contribution in [0.25, 0.3) is 10.9 Å². The summed E-state index contributed by atoms with van der Waals surface area (Å²) >= 11 is 0. The number of hydrogen-bond donors (Lipinski definition) is 3. The minimum absolute atomic E-state index is 0.00876. The first-order valence-electron chi connectivity index (χ1n) is 8.80. The lowest BCUT2D eigenvalue weighted by Gasteiger charge is -2.31. The van der Waals surface area contributed by atoms with Gasteiger partial charge in [-0.05, 0) is 31.9 Å². The van der Waals surface area contributed by atoms with E-state index in [2.05, 4.69) is 21.7 Å². The summed E-state index contributed by atoms with van der Waals surface area (Å²) in [6, 6.07) is 5.43. The van der Waals surface area contributed by atoms with E-state index in [9.17, 15) is 18.4 Å². The van der Waals surface area contributed by atoms with Crippen LogP contribution in [0.2, 0.25) is 0 Å². The summed E-state index contributed by atoms with van der Waals surface area (Å²) in [5, 5.41) is 15.4. The molecule has 1 fully saturated rings. The van der Waals surface area contributed by atoms with Crippen molar-refractivity contribution in [3.05, 3.63) is 45.8 Å². The Morgan fingerprint density at radius 2 is 2.07 bits per heavy atom. The molecule has 0 radical (unpaired) electrons. The van der Waals surface area contributed by atoms with Gasteiger partial charge in [0.2, 0.25) is 5.91 Å². The smallest absolute Gasteiger partial charge is 0.252 e. The number of fused-ring (bicyclic) bond motifs is 1. The predicted molar refractivity (Wildman–Crippen MR) is 95.9 cm³/mol. The molecule has 2 heterocycles. The second kappa shape index (κ2) is 7.84. The lowest BCUT2D eigenvalue weighted by atomic mass is 9.92. The third-order valence-corrected chi connectivity index (χ3v) is 4.94. The Morgan fingerprint density at radius 3 is 2.74 bits per heavy atom. The number of H-pyrrole nitrogens is 1. The van der Waals surface area contributed by atoms with Crippen LogP contribution < -0.4 is 16.2 Å². The molecule has 142 valence electrons. The number of piperidine rings is 1. The summed E-state index contributed by atoms with van der Waals surface area (Å²) in [7, 11) is 0. The Morgan fingerprint density at radius 1 is 1.33 bits per heavy atom. The van der Waals surface area contributed by atoms with Crippen molar-refractivity contribution >= 4 is 16.8 Å². The van der Waals surface area contributed by atoms with Crippen molar-refractivity contribution in [2.45, 2.75) is 38.3 Å². The minimum atomic E-state index is -1.05. The van der Waals surface area contributed by atoms with Gasteiger partial charge in [-0.15, -0.1) is 0 Å². The highest BCUT2D eigenvalue weighted by Crippen LogP contribution is 2.17. The van der Waals surface area contributed by atoms with Crippen molar-refractivity contribution in [1.82, 2.24) is 15.6 Å². The number of nitriles is 1. The van der Waals surface area contributed by atoms with E-state index in [0.717, 1.165) is 25.0 Å². The van der Waals surface area contributed by atoms with Crippen LogP contribution in [0.5, 0.6) is 0 Å². The van der Waals surface area contributed by atoms with E-state index in [1.807, 2.05) is 6.92 Å². The quantitative estimate of drug-likeness (QED) is 0.759. The Labute approximate surface area is 154 Å². The highest BCUT2D eigenvalue weighted by molar-refractivity contribution is 5.83. The largest absolute Gasteiger partial charge is 0.352 e. The standard InChI is InChI=1S/C19H20F2N4O2/c1-10(16-3-2-11(8-22)9-23-16)24-18(26)6-13-4-12-5-14(20)15(21)7-17(12)25-19(13)27/h4-5,7,10-11,16,23H,2-3,6,9H2,1H3,(H,24,26)(H,25,27). The number of nitrogens with one attached hydrogen (secondary N) is 3. The van der Waals surface area contributed by atoms with Crippen LogP contribution in [-0.2, 0) is 11.2 Å². The summed E-state index contributed by atoms with van der Waals surface area (Å²) < 4.78 is 26.7. The highest BCUT2D eigenvalue weighted by atomic mass is 19.2. The number of aromatic nitrogens is 1. The van der Waals surface area contributed by atoms with Gasteiger partial charge in [0.25, 0.3) is 5.56 Å². The number of carbonyl (C=O) groups is 1. The van der Waals surface area contributed by atoms with E-state index < -0.39 is 17.2 Å². The van der Waals surface area contributed by atoms with Gasteiger partial charge in [0.05, 0.1) is 23.9 Å². The molecule has 3 unspecified atom stereocenters. The van der Waals surface area contributed by atoms with Crippen molar-refractivity contribution in [1.29, 1.82) is 5.26 Å². The maximum atomic E-state index is 13.4. The van der Waals surface area contributed by atoms with Crippen LogP contribution in [0, 0.1) is 28.9 Å². The van der Waals surface area contributed by atoms with Crippen molar-refractivity contribution < 1.29 is 13.6 Å². The molecule has 1 aromatic heterocycles. The molecule has 1 saturated heterocycles. The summed E-state index contributed by atoms with van der Waals surface area (Å²) in [6.45, 7) is 2.46. The molecule has 27 heavy (non-hydrogen) atoms. The van der Waals surface area contributed by atoms with Gasteiger partial charge in [-0.1, -0.05) is 0 Å². The van der Waals surface area contributed by atoms with E-state index in [1.165, 1.54) is 6.07 Å². The number of carbonyl (C=O) groups excluding carboxylic acids is 1. The van der Waals surface area contributed by atoms with Crippen molar-refractivity contribution in [3.8, 4) is 6.07 Å². The SMILES string of the molecule is CC(NC(=O)Cc1cc2cc(F)c(F)cc2[nH]c1=O)C1CCC(C#N)CN1. The second-order valence-corrected chi connectivity index (χ2v) is 6.93. The summed E-state index contributed by atoms with van der Waals surface area (Å²) in [4.78, 5) is 26.9. The minimum Gasteiger partial charge on any atom is -0.352 e. The van der Waals surface area contributed by atoms with Crippen LogP contribution >= 0.6 is 0 Å². The van der Waals surface area contributed by atoms with Crippen molar-refractivity contribution in [2.24, 2.45) is 5.92 Å². The molecule has 0 spiro atoms. The van der Waals surface area contributed by atoms with Crippen LogP contribution in [0.4, 0.5) is 8.78 Å². The van der Waals surface area contributed by atoms with Gasteiger partial charge in [-0.3, -0.25) is 9.59 Å². The molecule has 0 aliphatic carbocycles. The van der Waals surface area contributed by atoms with E-state index >= 15 is 0 Å². The summed E-state index contributed by atoms with van der Waals surface area (Å²) in [6.07, 6.45) is 1.39. The fraction of sp³-hybridized carbons (Fsp3) is 0.421. The molecule has 3 rings (SSSR count). The van der Waals surface area contributed by atoms with Crippen LogP contribution in [-0.4, -0.2) is 29.5 Å². The van der Waals surface area contributed by atoms with Gasteiger partial charge in [0.1, 0.15) is 0 Å². The zero-order valence-corrected chi connectivity index (χ0v) is 14.8. The molecule has 8 heteroatoms. The van der Waals surface area contributed by atoms with Crippen molar-refractivity contribution in [3.63, 3.8) is 0 Å². The van der Waals surface area contributed by atoms with E-state index in [0.29, 0.717) is 11.9 Å². The predicted octanol–water partition coefficient (Wildman–Crippen LogP) is 1.75. The van der Waals surface area contributed by atoms with E-state index in [1.54, 1.807) is 0 Å². The molecule has 1 amide bonds. The number of hydrogen-bond acceptors (Lipinski definition) is 4. The van der Waals surface area contributed by atoms with Crippen LogP contribution in [0.1, 0.15) is 25.3 Å². The van der Waals surface area contributed by atoms with Crippen LogP contribution in [0.15, 0.2) is 23.0 Å². The molecule has 1 aliphatic rings. The third kappa shape index (κ3) is 4.31. The topological polar surface area (TPSA) is 97.8 Å². The Balaban J connectivity index is 1.67. The number of amides is 1. The number of halogens is 2. The molecule has 3 N–H and O–H groups in total. The zero-order chi connectivity index (χ0) is 19.6. The molecule has 6 nitrogen and oxygen atoms in total. The lowest BCUT2D eigenvalue weighted by Crippen LogP contribution is -2.52. The Bertz CT molecular complexity index is 959. The van der Waals surface area contributed by atoms with Gasteiger partial charge in [0, 0.05) is 35.6 Å². The number of benzene rings is 1. The number of pyridine rings is 1. The van der Waals surface area contributed by atoms with Crippen molar-refractivity contribution in [2.75, 3.05) is 6.54 Å². The third-order valence-electron chi connectivity index (χ3n) is 4.94. The number of nitrogens with zero attached hydrogens (tertiary/aromatic N) is 1. The molecule has 0 saturated carbocycles. The Kier molecular flexibility index (Phi) is 5.51. The fourth-order valence-electron chi connectivity index (χ4n) is 3.37. The average molecular weight is 374 g/mol. The van der Waals surface area contributed by atoms with Gasteiger partial charge in [0.15, 0.2) is 11.6 Å². The van der Waals surface area contributed by atoms with Gasteiger partial charge < -0.3 is 15.6 Å². The first kappa shape index (κ1) is 19.0. The highest BCUT2D eigenvalue weighted by Gasteiger charge is 2.25. The lowest BCUT2D eigenvalue weighted by molar-refractivity contribution is -0.121. The molecule has 3 atom stereocenters. The number of aromatic amines is 1. The first-order valence-corrected chi connectivity index (χ1v) is 8.80. The molecule has 1 aromatic carbocycles. The average Bonchev–Trinajstić information content (AvgIpc) is 2.64. The zero-order valence-electron chi connectivity index (χ0n) is 14.8. The maximum Gasteiger partial charge on any atom is 0.252 e. The van der Waals surface area contributed by atoms with Crippen LogP contribution in [0.3, 0.4) is 0 Å². The molecule has 0 bridgehead atoms. The second-order valence-electron chi connectivity index (χ2n) is 6.93. The summed E-state index contributed by atoms with van der Waals surface area (Å²) in [5.41, 5.74) is -0.154. The number of rotatable bonds is 4. The molecular formula is C19H20F2N4O2. The normalized spacial score (nSPS) is 20.8. The molecule has 2 aromatic rings. The first-order chi connectivity index (χ1) is 12.9. The van der Waals surface area contributed by atoms with E-state index in [4.69, 9.17) is 5.26 Å². The Hall–Kier alpha value is -2.79. The molecular weight excluding hydrogens is 354 g/mol. The maximum absolute atomic E-state index is 13.4. The van der Waals surface area contributed by atoms with Gasteiger partial charge in [-0.2, -0.15) is 5.26 Å². The fourth-order valence-corrected chi connectivity index (χ4v) is 3.37.